The van der Waals surface area contributed by atoms with Crippen LogP contribution in [0.1, 0.15) is 52.4 Å². The molecule has 1 rings (SSSR count). The van der Waals surface area contributed by atoms with Gasteiger partial charge >= 0.3 is 5.97 Å². The van der Waals surface area contributed by atoms with Gasteiger partial charge in [0.2, 0.25) is 5.91 Å². The summed E-state index contributed by atoms with van der Waals surface area (Å²) in [5.74, 6) is -0.0238. The van der Waals surface area contributed by atoms with Crippen LogP contribution in [0.3, 0.4) is 0 Å². The molecule has 1 atom stereocenters. The van der Waals surface area contributed by atoms with Crippen molar-refractivity contribution in [3.05, 3.63) is 0 Å². The lowest BCUT2D eigenvalue weighted by Crippen LogP contribution is -2.38. The van der Waals surface area contributed by atoms with Gasteiger partial charge in [0.05, 0.1) is 13.0 Å². The van der Waals surface area contributed by atoms with Gasteiger partial charge in [0.15, 0.2) is 0 Å². The van der Waals surface area contributed by atoms with Gasteiger partial charge in [0, 0.05) is 19.0 Å². The Labute approximate surface area is 116 Å². The first kappa shape index (κ1) is 16.0. The second-order valence-corrected chi connectivity index (χ2v) is 5.54. The zero-order valence-corrected chi connectivity index (χ0v) is 12.5. The number of unbranched alkanes of at least 4 members (excludes halogenated alkanes) is 3. The summed E-state index contributed by atoms with van der Waals surface area (Å²) in [4.78, 5) is 25.5. The highest BCUT2D eigenvalue weighted by molar-refractivity contribution is 5.82. The molecule has 0 spiro atoms. The summed E-state index contributed by atoms with van der Waals surface area (Å²) in [6.45, 7) is 5.27. The Morgan fingerprint density at radius 1 is 1.26 bits per heavy atom. The van der Waals surface area contributed by atoms with Crippen LogP contribution in [0.4, 0.5) is 0 Å². The largest absolute Gasteiger partial charge is 0.469 e. The molecule has 1 fully saturated rings. The first-order valence-electron chi connectivity index (χ1n) is 7.46. The Morgan fingerprint density at radius 3 is 2.47 bits per heavy atom. The van der Waals surface area contributed by atoms with Crippen molar-refractivity contribution in [3.8, 4) is 0 Å². The predicted octanol–water partition coefficient (Wildman–Crippen LogP) is 2.61. The van der Waals surface area contributed by atoms with Crippen molar-refractivity contribution in [2.75, 3.05) is 20.2 Å². The number of amides is 1. The summed E-state index contributed by atoms with van der Waals surface area (Å²) in [6, 6.07) is 0. The van der Waals surface area contributed by atoms with Gasteiger partial charge in [-0.2, -0.15) is 0 Å². The first-order chi connectivity index (χ1) is 9.10. The van der Waals surface area contributed by atoms with Crippen molar-refractivity contribution < 1.29 is 14.3 Å². The minimum absolute atomic E-state index is 0.219. The monoisotopic (exact) mass is 269 g/mol. The zero-order valence-electron chi connectivity index (χ0n) is 12.5. The van der Waals surface area contributed by atoms with Crippen LogP contribution in [-0.2, 0) is 14.3 Å². The number of rotatable bonds is 9. The molecule has 0 radical (unpaired) electrons. The number of nitrogens with zero attached hydrogens (tertiary/aromatic N) is 1. The van der Waals surface area contributed by atoms with E-state index in [9.17, 15) is 9.59 Å². The third kappa shape index (κ3) is 5.62. The van der Waals surface area contributed by atoms with Crippen LogP contribution in [-0.4, -0.2) is 37.0 Å². The summed E-state index contributed by atoms with van der Waals surface area (Å²) in [5.41, 5.74) is 0. The van der Waals surface area contributed by atoms with Crippen molar-refractivity contribution in [1.29, 1.82) is 0 Å². The van der Waals surface area contributed by atoms with Gasteiger partial charge in [0.1, 0.15) is 0 Å². The molecule has 1 unspecified atom stereocenters. The maximum Gasteiger partial charge on any atom is 0.310 e. The molecule has 0 bridgehead atoms. The van der Waals surface area contributed by atoms with Crippen LogP contribution in [0.15, 0.2) is 0 Å². The summed E-state index contributed by atoms with van der Waals surface area (Å²) in [6.07, 6.45) is 6.60. The van der Waals surface area contributed by atoms with Crippen molar-refractivity contribution in [3.63, 3.8) is 0 Å². The average Bonchev–Trinajstić information content (AvgIpc) is 3.24. The molecule has 0 saturated heterocycles. The Kier molecular flexibility index (Phi) is 6.89. The van der Waals surface area contributed by atoms with Crippen LogP contribution in [0, 0.1) is 11.8 Å². The molecule has 0 heterocycles. The third-order valence-corrected chi connectivity index (χ3v) is 3.62. The minimum Gasteiger partial charge on any atom is -0.469 e. The Balaban J connectivity index is 2.43. The van der Waals surface area contributed by atoms with E-state index in [1.165, 1.54) is 20.0 Å². The molecule has 19 heavy (non-hydrogen) atoms. The molecule has 0 N–H and O–H groups in total. The highest BCUT2D eigenvalue weighted by Crippen LogP contribution is 2.31. The molecule has 1 aliphatic carbocycles. The van der Waals surface area contributed by atoms with E-state index in [4.69, 9.17) is 4.74 Å². The van der Waals surface area contributed by atoms with Gasteiger partial charge in [-0.15, -0.1) is 0 Å². The molecule has 4 heteroatoms. The normalized spacial score (nSPS) is 15.9. The molecule has 1 amide bonds. The highest BCUT2D eigenvalue weighted by atomic mass is 16.5. The van der Waals surface area contributed by atoms with E-state index in [2.05, 4.69) is 6.92 Å². The summed E-state index contributed by atoms with van der Waals surface area (Å²) in [5, 5.41) is 0. The van der Waals surface area contributed by atoms with E-state index in [1.807, 2.05) is 11.8 Å². The van der Waals surface area contributed by atoms with E-state index in [-0.39, 0.29) is 23.7 Å². The molecule has 0 aromatic rings. The predicted molar refractivity (Wildman–Crippen MR) is 74.6 cm³/mol. The van der Waals surface area contributed by atoms with E-state index in [1.54, 1.807) is 0 Å². The van der Waals surface area contributed by atoms with Crippen LogP contribution in [0.2, 0.25) is 0 Å². The summed E-state index contributed by atoms with van der Waals surface area (Å²) < 4.78 is 4.73. The van der Waals surface area contributed by atoms with Gasteiger partial charge in [-0.25, -0.2) is 0 Å². The third-order valence-electron chi connectivity index (χ3n) is 3.62. The molecular formula is C15H27NO3. The lowest BCUT2D eigenvalue weighted by molar-refractivity contribution is -0.146. The number of hydrogen-bond acceptors (Lipinski definition) is 3. The molecule has 1 aliphatic rings. The number of ether oxygens (including phenoxy) is 1. The standard InChI is InChI=1S/C15H27NO3/c1-4-5-6-7-10-16(14(17)13-8-9-13)11-12(2)15(18)19-3/h12-13H,4-11H2,1-3H3. The Morgan fingerprint density at radius 2 is 1.95 bits per heavy atom. The van der Waals surface area contributed by atoms with Crippen LogP contribution >= 0.6 is 0 Å². The lowest BCUT2D eigenvalue weighted by atomic mass is 10.1. The zero-order chi connectivity index (χ0) is 14.3. The second kappa shape index (κ2) is 8.18. The van der Waals surface area contributed by atoms with Crippen molar-refractivity contribution in [2.24, 2.45) is 11.8 Å². The Hall–Kier alpha value is -1.06. The van der Waals surface area contributed by atoms with E-state index in [0.717, 1.165) is 32.2 Å². The second-order valence-electron chi connectivity index (χ2n) is 5.54. The minimum atomic E-state index is -0.237. The van der Waals surface area contributed by atoms with Gasteiger partial charge in [-0.1, -0.05) is 33.1 Å². The molecular weight excluding hydrogens is 242 g/mol. The van der Waals surface area contributed by atoms with Gasteiger partial charge in [0.25, 0.3) is 0 Å². The fourth-order valence-corrected chi connectivity index (χ4v) is 2.22. The summed E-state index contributed by atoms with van der Waals surface area (Å²) >= 11 is 0. The topological polar surface area (TPSA) is 46.6 Å². The number of esters is 1. The van der Waals surface area contributed by atoms with Crippen LogP contribution in [0.25, 0.3) is 0 Å². The maximum atomic E-state index is 12.2. The number of hydrogen-bond donors (Lipinski definition) is 0. The smallest absolute Gasteiger partial charge is 0.310 e. The van der Waals surface area contributed by atoms with Gasteiger partial charge in [-0.3, -0.25) is 9.59 Å². The van der Waals surface area contributed by atoms with E-state index < -0.39 is 0 Å². The fraction of sp³-hybridized carbons (Fsp3) is 0.867. The van der Waals surface area contributed by atoms with Gasteiger partial charge in [-0.05, 0) is 19.3 Å². The highest BCUT2D eigenvalue weighted by Gasteiger charge is 2.34. The lowest BCUT2D eigenvalue weighted by Gasteiger charge is -2.25. The molecule has 0 aromatic carbocycles. The molecule has 0 aromatic heterocycles. The molecule has 1 saturated carbocycles. The number of carbonyl (C=O) groups is 2. The molecule has 110 valence electrons. The SMILES string of the molecule is CCCCCCN(CC(C)C(=O)OC)C(=O)C1CC1. The average molecular weight is 269 g/mol. The molecule has 4 nitrogen and oxygen atoms in total. The van der Waals surface area contributed by atoms with Crippen LogP contribution < -0.4 is 0 Å². The van der Waals surface area contributed by atoms with Crippen molar-refractivity contribution >= 4 is 11.9 Å². The van der Waals surface area contributed by atoms with E-state index >= 15 is 0 Å². The number of carbonyl (C=O) groups excluding carboxylic acids is 2. The van der Waals surface area contributed by atoms with Gasteiger partial charge < -0.3 is 9.64 Å². The van der Waals surface area contributed by atoms with Crippen LogP contribution in [0.5, 0.6) is 0 Å². The first-order valence-corrected chi connectivity index (χ1v) is 7.46. The van der Waals surface area contributed by atoms with Crippen molar-refractivity contribution in [1.82, 2.24) is 4.90 Å². The molecule has 0 aliphatic heterocycles. The number of methoxy groups -OCH3 is 1. The van der Waals surface area contributed by atoms with E-state index in [0.29, 0.717) is 6.54 Å². The fourth-order valence-electron chi connectivity index (χ4n) is 2.22. The Bertz CT molecular complexity index is 300. The quantitative estimate of drug-likeness (QED) is 0.477. The maximum absolute atomic E-state index is 12.2. The van der Waals surface area contributed by atoms with Crippen molar-refractivity contribution in [2.45, 2.75) is 52.4 Å². The summed E-state index contributed by atoms with van der Waals surface area (Å²) in [7, 11) is 1.40.